The van der Waals surface area contributed by atoms with Crippen molar-refractivity contribution in [2.45, 2.75) is 45.2 Å². The summed E-state index contributed by atoms with van der Waals surface area (Å²) >= 11 is 0. The van der Waals surface area contributed by atoms with Gasteiger partial charge in [-0.05, 0) is 41.3 Å². The molecule has 0 saturated carbocycles. The molecule has 0 rings (SSSR count). The SMILES string of the molecule is CCC(C)(C)N(C)CC(C)(NC)C(=O)OC. The number of rotatable bonds is 6. The first-order valence-electron chi connectivity index (χ1n) is 5.72. The van der Waals surface area contributed by atoms with Gasteiger partial charge < -0.3 is 10.1 Å². The lowest BCUT2D eigenvalue weighted by atomic mass is 9.95. The number of methoxy groups -OCH3 is 1. The van der Waals surface area contributed by atoms with E-state index in [-0.39, 0.29) is 11.5 Å². The smallest absolute Gasteiger partial charge is 0.327 e. The summed E-state index contributed by atoms with van der Waals surface area (Å²) < 4.78 is 4.83. The summed E-state index contributed by atoms with van der Waals surface area (Å²) in [5.41, 5.74) is -0.581. The second-order valence-electron chi connectivity index (χ2n) is 5.10. The highest BCUT2D eigenvalue weighted by Gasteiger charge is 2.36. The van der Waals surface area contributed by atoms with Crippen molar-refractivity contribution in [3.8, 4) is 0 Å². The maximum absolute atomic E-state index is 11.7. The van der Waals surface area contributed by atoms with Gasteiger partial charge in [0.2, 0.25) is 0 Å². The van der Waals surface area contributed by atoms with Gasteiger partial charge in [-0.15, -0.1) is 0 Å². The summed E-state index contributed by atoms with van der Waals surface area (Å²) in [7, 11) is 5.23. The molecule has 16 heavy (non-hydrogen) atoms. The van der Waals surface area contributed by atoms with Crippen LogP contribution in [-0.2, 0) is 9.53 Å². The molecule has 0 bridgehead atoms. The quantitative estimate of drug-likeness (QED) is 0.698. The number of ether oxygens (including phenoxy) is 1. The lowest BCUT2D eigenvalue weighted by Crippen LogP contribution is -2.58. The van der Waals surface area contributed by atoms with E-state index in [0.29, 0.717) is 6.54 Å². The van der Waals surface area contributed by atoms with Crippen molar-refractivity contribution in [2.24, 2.45) is 0 Å². The van der Waals surface area contributed by atoms with Crippen LogP contribution in [0.2, 0.25) is 0 Å². The van der Waals surface area contributed by atoms with Crippen molar-refractivity contribution in [3.05, 3.63) is 0 Å². The van der Waals surface area contributed by atoms with Gasteiger partial charge in [0.25, 0.3) is 0 Å². The lowest BCUT2D eigenvalue weighted by molar-refractivity contribution is -0.149. The van der Waals surface area contributed by atoms with Crippen LogP contribution in [0.1, 0.15) is 34.1 Å². The van der Waals surface area contributed by atoms with Gasteiger partial charge in [-0.25, -0.2) is 0 Å². The number of nitrogens with one attached hydrogen (secondary N) is 1. The minimum Gasteiger partial charge on any atom is -0.468 e. The Morgan fingerprint density at radius 3 is 2.19 bits per heavy atom. The van der Waals surface area contributed by atoms with Gasteiger partial charge in [-0.2, -0.15) is 0 Å². The average molecular weight is 230 g/mol. The molecule has 0 saturated heterocycles. The molecule has 0 aliphatic rings. The number of hydrogen-bond acceptors (Lipinski definition) is 4. The maximum Gasteiger partial charge on any atom is 0.327 e. The van der Waals surface area contributed by atoms with Gasteiger partial charge in [0.15, 0.2) is 0 Å². The predicted octanol–water partition coefficient (Wildman–Crippen LogP) is 1.26. The molecule has 0 aromatic rings. The largest absolute Gasteiger partial charge is 0.468 e. The van der Waals surface area contributed by atoms with Crippen molar-refractivity contribution >= 4 is 5.97 Å². The molecule has 1 N–H and O–H groups in total. The third kappa shape index (κ3) is 3.46. The molecule has 1 atom stereocenters. The van der Waals surface area contributed by atoms with Crippen LogP contribution < -0.4 is 5.32 Å². The normalized spacial score (nSPS) is 16.0. The fourth-order valence-electron chi connectivity index (χ4n) is 1.43. The zero-order valence-electron chi connectivity index (χ0n) is 11.7. The second kappa shape index (κ2) is 5.64. The molecule has 0 heterocycles. The van der Waals surface area contributed by atoms with Crippen molar-refractivity contribution < 1.29 is 9.53 Å². The van der Waals surface area contributed by atoms with Crippen molar-refractivity contribution in [2.75, 3.05) is 27.7 Å². The van der Waals surface area contributed by atoms with E-state index in [2.05, 4.69) is 31.0 Å². The fourth-order valence-corrected chi connectivity index (χ4v) is 1.43. The predicted molar refractivity (Wildman–Crippen MR) is 66.5 cm³/mol. The van der Waals surface area contributed by atoms with Crippen molar-refractivity contribution in [1.82, 2.24) is 10.2 Å². The summed E-state index contributed by atoms with van der Waals surface area (Å²) in [4.78, 5) is 13.9. The first kappa shape index (κ1) is 15.4. The fraction of sp³-hybridized carbons (Fsp3) is 0.917. The minimum absolute atomic E-state index is 0.0755. The first-order valence-corrected chi connectivity index (χ1v) is 5.72. The molecule has 0 aromatic carbocycles. The molecule has 4 heteroatoms. The minimum atomic E-state index is -0.657. The molecule has 0 aromatic heterocycles. The van der Waals surface area contributed by atoms with Crippen LogP contribution in [0.5, 0.6) is 0 Å². The highest BCUT2D eigenvalue weighted by atomic mass is 16.5. The number of esters is 1. The lowest BCUT2D eigenvalue weighted by Gasteiger charge is -2.40. The summed E-state index contributed by atoms with van der Waals surface area (Å²) in [6.45, 7) is 8.96. The van der Waals surface area contributed by atoms with Gasteiger partial charge in [-0.1, -0.05) is 6.92 Å². The Morgan fingerprint density at radius 1 is 1.38 bits per heavy atom. The van der Waals surface area contributed by atoms with E-state index in [4.69, 9.17) is 4.74 Å². The topological polar surface area (TPSA) is 41.6 Å². The summed E-state index contributed by atoms with van der Waals surface area (Å²) in [6, 6.07) is 0. The van der Waals surface area contributed by atoms with Gasteiger partial charge >= 0.3 is 5.97 Å². The van der Waals surface area contributed by atoms with Gasteiger partial charge in [0.1, 0.15) is 5.54 Å². The number of carbonyl (C=O) groups is 1. The molecular formula is C12H26N2O2. The van der Waals surface area contributed by atoms with Crippen LogP contribution in [0.3, 0.4) is 0 Å². The Morgan fingerprint density at radius 2 is 1.88 bits per heavy atom. The summed E-state index contributed by atoms with van der Waals surface area (Å²) in [5.74, 6) is -0.228. The van der Waals surface area contributed by atoms with Crippen LogP contribution in [0, 0.1) is 0 Å². The Balaban J connectivity index is 4.73. The molecule has 96 valence electrons. The molecule has 4 nitrogen and oxygen atoms in total. The van der Waals surface area contributed by atoms with Crippen LogP contribution in [0.4, 0.5) is 0 Å². The first-order chi connectivity index (χ1) is 7.23. The van der Waals surface area contributed by atoms with E-state index in [1.54, 1.807) is 7.05 Å². The molecular weight excluding hydrogens is 204 g/mol. The van der Waals surface area contributed by atoms with E-state index in [0.717, 1.165) is 6.42 Å². The molecule has 0 aliphatic carbocycles. The Bertz CT molecular complexity index is 241. The Labute approximate surface area is 99.3 Å². The standard InChI is InChI=1S/C12H26N2O2/c1-8-11(2,3)14(6)9-12(4,13-5)10(15)16-7/h13H,8-9H2,1-7H3. The maximum atomic E-state index is 11.7. The molecule has 0 radical (unpaired) electrons. The van der Waals surface area contributed by atoms with E-state index < -0.39 is 5.54 Å². The highest BCUT2D eigenvalue weighted by Crippen LogP contribution is 2.19. The van der Waals surface area contributed by atoms with Crippen LogP contribution in [-0.4, -0.2) is 49.7 Å². The molecule has 0 spiro atoms. The van der Waals surface area contributed by atoms with E-state index in [1.165, 1.54) is 7.11 Å². The molecule has 0 fully saturated rings. The van der Waals surface area contributed by atoms with Crippen LogP contribution in [0.15, 0.2) is 0 Å². The summed E-state index contributed by atoms with van der Waals surface area (Å²) in [6.07, 6.45) is 1.03. The summed E-state index contributed by atoms with van der Waals surface area (Å²) in [5, 5.41) is 3.04. The van der Waals surface area contributed by atoms with E-state index in [9.17, 15) is 4.79 Å². The Kier molecular flexibility index (Phi) is 5.42. The second-order valence-corrected chi connectivity index (χ2v) is 5.10. The zero-order chi connectivity index (χ0) is 13.0. The molecule has 1 unspecified atom stereocenters. The van der Waals surface area contributed by atoms with Crippen molar-refractivity contribution in [3.63, 3.8) is 0 Å². The molecule has 0 amide bonds. The van der Waals surface area contributed by atoms with Gasteiger partial charge in [0.05, 0.1) is 7.11 Å². The van der Waals surface area contributed by atoms with Gasteiger partial charge in [-0.3, -0.25) is 9.69 Å². The number of carbonyl (C=O) groups excluding carboxylic acids is 1. The van der Waals surface area contributed by atoms with E-state index >= 15 is 0 Å². The monoisotopic (exact) mass is 230 g/mol. The Hall–Kier alpha value is -0.610. The zero-order valence-corrected chi connectivity index (χ0v) is 11.7. The number of hydrogen-bond donors (Lipinski definition) is 1. The highest BCUT2D eigenvalue weighted by molar-refractivity contribution is 5.80. The third-order valence-corrected chi connectivity index (χ3v) is 3.64. The van der Waals surface area contributed by atoms with Crippen LogP contribution in [0.25, 0.3) is 0 Å². The molecule has 0 aliphatic heterocycles. The van der Waals surface area contributed by atoms with Crippen molar-refractivity contribution in [1.29, 1.82) is 0 Å². The van der Waals surface area contributed by atoms with E-state index in [1.807, 2.05) is 14.0 Å². The van der Waals surface area contributed by atoms with Gasteiger partial charge in [0, 0.05) is 12.1 Å². The third-order valence-electron chi connectivity index (χ3n) is 3.64. The van der Waals surface area contributed by atoms with Crippen LogP contribution >= 0.6 is 0 Å². The number of nitrogens with zero attached hydrogens (tertiary/aromatic N) is 1. The average Bonchev–Trinajstić information content (AvgIpc) is 2.27. The number of likely N-dealkylation sites (N-methyl/N-ethyl adjacent to an activating group) is 2.